The number of hydrogen-bond acceptors (Lipinski definition) is 4. The first-order chi connectivity index (χ1) is 11.9. The number of benzene rings is 2. The Labute approximate surface area is 142 Å². The molecule has 0 unspecified atom stereocenters. The van der Waals surface area contributed by atoms with Crippen LogP contribution in [-0.4, -0.2) is 25.0 Å². The molecule has 2 N–H and O–H groups in total. The average molecular weight is 350 g/mol. The summed E-state index contributed by atoms with van der Waals surface area (Å²) in [6.07, 6.45) is 0. The maximum atomic E-state index is 12.0. The van der Waals surface area contributed by atoms with Gasteiger partial charge in [0.25, 0.3) is 11.8 Å². The van der Waals surface area contributed by atoms with E-state index in [4.69, 9.17) is 4.74 Å². The van der Waals surface area contributed by atoms with Crippen molar-refractivity contribution >= 4 is 11.8 Å². The van der Waals surface area contributed by atoms with E-state index < -0.39 is 18.4 Å². The van der Waals surface area contributed by atoms with Crippen LogP contribution in [0, 0.1) is 6.92 Å². The summed E-state index contributed by atoms with van der Waals surface area (Å²) in [7, 11) is 0. The molecule has 0 bridgehead atoms. The summed E-state index contributed by atoms with van der Waals surface area (Å²) in [5.41, 5.74) is 5.56. The topological polar surface area (TPSA) is 76.7 Å². The van der Waals surface area contributed by atoms with E-state index in [2.05, 4.69) is 15.6 Å². The van der Waals surface area contributed by atoms with Crippen molar-refractivity contribution in [2.75, 3.05) is 6.61 Å². The standard InChI is InChI=1S/C17H16F2N2O4/c1-11-3-2-4-14(9-11)24-10-15(22)20-21-16(23)12-5-7-13(8-6-12)25-17(18)19/h2-9,17H,10H2,1H3,(H,20,22)(H,21,23). The van der Waals surface area contributed by atoms with Crippen LogP contribution in [0.3, 0.4) is 0 Å². The minimum Gasteiger partial charge on any atom is -0.484 e. The molecule has 0 aliphatic rings. The smallest absolute Gasteiger partial charge is 0.387 e. The molecule has 2 rings (SSSR count). The van der Waals surface area contributed by atoms with Gasteiger partial charge in [-0.2, -0.15) is 8.78 Å². The van der Waals surface area contributed by atoms with Gasteiger partial charge in [-0.1, -0.05) is 12.1 Å². The zero-order valence-corrected chi connectivity index (χ0v) is 13.3. The van der Waals surface area contributed by atoms with E-state index >= 15 is 0 Å². The van der Waals surface area contributed by atoms with Gasteiger partial charge in [-0.15, -0.1) is 0 Å². The highest BCUT2D eigenvalue weighted by atomic mass is 19.3. The third kappa shape index (κ3) is 6.09. The minimum atomic E-state index is -2.94. The van der Waals surface area contributed by atoms with Crippen LogP contribution in [0.15, 0.2) is 48.5 Å². The average Bonchev–Trinajstić information content (AvgIpc) is 2.58. The number of hydrogen-bond donors (Lipinski definition) is 2. The lowest BCUT2D eigenvalue weighted by Gasteiger charge is -2.09. The largest absolute Gasteiger partial charge is 0.484 e. The van der Waals surface area contributed by atoms with Gasteiger partial charge >= 0.3 is 6.61 Å². The molecule has 132 valence electrons. The third-order valence-electron chi connectivity index (χ3n) is 3.02. The van der Waals surface area contributed by atoms with Crippen molar-refractivity contribution in [2.24, 2.45) is 0 Å². The summed E-state index contributed by atoms with van der Waals surface area (Å²) in [5, 5.41) is 0. The second-order valence-corrected chi connectivity index (χ2v) is 5.01. The Kier molecular flexibility index (Phi) is 6.27. The second kappa shape index (κ2) is 8.62. The molecule has 0 aliphatic heterocycles. The fourth-order valence-corrected chi connectivity index (χ4v) is 1.88. The molecule has 6 nitrogen and oxygen atoms in total. The zero-order valence-electron chi connectivity index (χ0n) is 13.3. The highest BCUT2D eigenvalue weighted by Gasteiger charge is 2.09. The van der Waals surface area contributed by atoms with Gasteiger partial charge in [-0.3, -0.25) is 20.4 Å². The first-order valence-corrected chi connectivity index (χ1v) is 7.27. The predicted molar refractivity (Wildman–Crippen MR) is 85.4 cm³/mol. The Morgan fingerprint density at radius 3 is 2.40 bits per heavy atom. The van der Waals surface area contributed by atoms with E-state index in [-0.39, 0.29) is 17.9 Å². The maximum absolute atomic E-state index is 12.0. The molecule has 0 saturated heterocycles. The molecule has 0 aromatic heterocycles. The monoisotopic (exact) mass is 350 g/mol. The summed E-state index contributed by atoms with van der Waals surface area (Å²) in [6, 6.07) is 12.2. The molecular formula is C17H16F2N2O4. The first kappa shape index (κ1) is 18.2. The molecular weight excluding hydrogens is 334 g/mol. The minimum absolute atomic E-state index is 0.0675. The quantitative estimate of drug-likeness (QED) is 0.785. The fraction of sp³-hybridized carbons (Fsp3) is 0.176. The number of amides is 2. The van der Waals surface area contributed by atoms with Crippen molar-refractivity contribution in [3.63, 3.8) is 0 Å². The third-order valence-corrected chi connectivity index (χ3v) is 3.02. The molecule has 0 atom stereocenters. The molecule has 8 heteroatoms. The van der Waals surface area contributed by atoms with Crippen molar-refractivity contribution < 1.29 is 27.8 Å². The van der Waals surface area contributed by atoms with Crippen molar-refractivity contribution in [3.8, 4) is 11.5 Å². The lowest BCUT2D eigenvalue weighted by Crippen LogP contribution is -2.43. The molecule has 0 saturated carbocycles. The summed E-state index contributed by atoms with van der Waals surface area (Å²) in [6.45, 7) is -1.32. The van der Waals surface area contributed by atoms with Gasteiger partial charge in [0.1, 0.15) is 11.5 Å². The summed E-state index contributed by atoms with van der Waals surface area (Å²) in [5.74, 6) is -0.682. The molecule has 2 aromatic carbocycles. The van der Waals surface area contributed by atoms with Gasteiger partial charge in [0.05, 0.1) is 0 Å². The first-order valence-electron chi connectivity index (χ1n) is 7.27. The van der Waals surface area contributed by atoms with E-state index in [0.717, 1.165) is 5.56 Å². The Morgan fingerprint density at radius 1 is 1.04 bits per heavy atom. The van der Waals surface area contributed by atoms with Gasteiger partial charge in [0, 0.05) is 5.56 Å². The molecule has 0 heterocycles. The Bertz CT molecular complexity index is 736. The number of carbonyl (C=O) groups is 2. The molecule has 0 aliphatic carbocycles. The van der Waals surface area contributed by atoms with Crippen LogP contribution >= 0.6 is 0 Å². The van der Waals surface area contributed by atoms with E-state index in [0.29, 0.717) is 5.75 Å². The van der Waals surface area contributed by atoms with E-state index in [1.165, 1.54) is 24.3 Å². The highest BCUT2D eigenvalue weighted by molar-refractivity contribution is 5.95. The highest BCUT2D eigenvalue weighted by Crippen LogP contribution is 2.14. The summed E-state index contributed by atoms with van der Waals surface area (Å²) < 4.78 is 33.6. The Hall–Kier alpha value is -3.16. The van der Waals surface area contributed by atoms with E-state index in [1.807, 2.05) is 13.0 Å². The van der Waals surface area contributed by atoms with Crippen molar-refractivity contribution in [1.82, 2.24) is 10.9 Å². The number of halogens is 2. The molecule has 2 aromatic rings. The number of aryl methyl sites for hydroxylation is 1. The van der Waals surface area contributed by atoms with E-state index in [9.17, 15) is 18.4 Å². The number of rotatable bonds is 6. The molecule has 0 spiro atoms. The fourth-order valence-electron chi connectivity index (χ4n) is 1.88. The van der Waals surface area contributed by atoms with Crippen LogP contribution in [-0.2, 0) is 4.79 Å². The van der Waals surface area contributed by atoms with Crippen LogP contribution < -0.4 is 20.3 Å². The predicted octanol–water partition coefficient (Wildman–Crippen LogP) is 2.44. The van der Waals surface area contributed by atoms with Crippen LogP contribution in [0.2, 0.25) is 0 Å². The second-order valence-electron chi connectivity index (χ2n) is 5.01. The van der Waals surface area contributed by atoms with Crippen LogP contribution in [0.5, 0.6) is 11.5 Å². The summed E-state index contributed by atoms with van der Waals surface area (Å²) in [4.78, 5) is 23.5. The number of carbonyl (C=O) groups excluding carboxylic acids is 2. The van der Waals surface area contributed by atoms with Gasteiger partial charge < -0.3 is 9.47 Å². The number of ether oxygens (including phenoxy) is 2. The summed E-state index contributed by atoms with van der Waals surface area (Å²) >= 11 is 0. The molecule has 25 heavy (non-hydrogen) atoms. The number of alkyl halides is 2. The molecule has 0 radical (unpaired) electrons. The number of nitrogens with one attached hydrogen (secondary N) is 2. The SMILES string of the molecule is Cc1cccc(OCC(=O)NNC(=O)c2ccc(OC(F)F)cc2)c1. The zero-order chi connectivity index (χ0) is 18.2. The molecule has 2 amide bonds. The van der Waals surface area contributed by atoms with Gasteiger partial charge in [0.2, 0.25) is 0 Å². The normalized spacial score (nSPS) is 10.2. The van der Waals surface area contributed by atoms with Gasteiger partial charge in [0.15, 0.2) is 6.61 Å². The van der Waals surface area contributed by atoms with Crippen LogP contribution in [0.25, 0.3) is 0 Å². The number of hydrazine groups is 1. The van der Waals surface area contributed by atoms with Gasteiger partial charge in [-0.05, 0) is 48.9 Å². The van der Waals surface area contributed by atoms with Crippen LogP contribution in [0.1, 0.15) is 15.9 Å². The van der Waals surface area contributed by atoms with E-state index in [1.54, 1.807) is 18.2 Å². The van der Waals surface area contributed by atoms with Crippen LogP contribution in [0.4, 0.5) is 8.78 Å². The maximum Gasteiger partial charge on any atom is 0.387 e. The van der Waals surface area contributed by atoms with Gasteiger partial charge in [-0.25, -0.2) is 0 Å². The van der Waals surface area contributed by atoms with Crippen molar-refractivity contribution in [3.05, 3.63) is 59.7 Å². The Balaban J connectivity index is 1.78. The van der Waals surface area contributed by atoms with Crippen molar-refractivity contribution in [2.45, 2.75) is 13.5 Å². The lowest BCUT2D eigenvalue weighted by atomic mass is 10.2. The molecule has 0 fully saturated rings. The Morgan fingerprint density at radius 2 is 1.76 bits per heavy atom. The lowest BCUT2D eigenvalue weighted by molar-refractivity contribution is -0.123. The van der Waals surface area contributed by atoms with Crippen molar-refractivity contribution in [1.29, 1.82) is 0 Å².